The Bertz CT molecular complexity index is 640. The van der Waals surface area contributed by atoms with Crippen molar-refractivity contribution in [2.24, 2.45) is 0 Å². The second-order valence-electron chi connectivity index (χ2n) is 7.88. The molecule has 1 N–H and O–H groups in total. The van der Waals surface area contributed by atoms with Crippen LogP contribution in [0, 0.1) is 0 Å². The first-order chi connectivity index (χ1) is 12.8. The first-order valence-corrected chi connectivity index (χ1v) is 10.5. The second kappa shape index (κ2) is 9.91. The van der Waals surface area contributed by atoms with Gasteiger partial charge in [-0.3, -0.25) is 0 Å². The van der Waals surface area contributed by atoms with Crippen molar-refractivity contribution in [1.82, 2.24) is 10.3 Å². The summed E-state index contributed by atoms with van der Waals surface area (Å²) in [5, 5.41) is 3.55. The Morgan fingerprint density at radius 1 is 1.12 bits per heavy atom. The third-order valence-electron chi connectivity index (χ3n) is 5.66. The maximum Gasteiger partial charge on any atom is 0.226 e. The minimum Gasteiger partial charge on any atom is -0.444 e. The summed E-state index contributed by atoms with van der Waals surface area (Å²) in [4.78, 5) is 4.66. The van der Waals surface area contributed by atoms with Gasteiger partial charge in [-0.1, -0.05) is 57.6 Å². The topological polar surface area (TPSA) is 38.1 Å². The highest BCUT2D eigenvalue weighted by molar-refractivity contribution is 5.54. The van der Waals surface area contributed by atoms with Crippen molar-refractivity contribution in [2.45, 2.75) is 90.1 Å². The second-order valence-corrected chi connectivity index (χ2v) is 7.88. The molecule has 1 saturated carbocycles. The van der Waals surface area contributed by atoms with Crippen LogP contribution >= 0.6 is 0 Å². The SMILES string of the molecule is CCCCCC(C)NCc1coc(-c2ccc(C3CCCCC3)cc2)n1. The minimum atomic E-state index is 0.525. The molecule has 3 heteroatoms. The molecule has 0 amide bonds. The molecule has 1 atom stereocenters. The summed E-state index contributed by atoms with van der Waals surface area (Å²) in [5.41, 5.74) is 3.54. The van der Waals surface area contributed by atoms with Gasteiger partial charge in [0.2, 0.25) is 5.89 Å². The molecule has 1 aromatic heterocycles. The van der Waals surface area contributed by atoms with Gasteiger partial charge in [-0.2, -0.15) is 0 Å². The van der Waals surface area contributed by atoms with Crippen molar-refractivity contribution in [3.05, 3.63) is 41.8 Å². The van der Waals surface area contributed by atoms with Gasteiger partial charge < -0.3 is 9.73 Å². The smallest absolute Gasteiger partial charge is 0.226 e. The lowest BCUT2D eigenvalue weighted by atomic mass is 9.84. The van der Waals surface area contributed by atoms with E-state index in [0.29, 0.717) is 6.04 Å². The molecule has 0 saturated heterocycles. The summed E-state index contributed by atoms with van der Waals surface area (Å²) < 4.78 is 5.72. The zero-order valence-electron chi connectivity index (χ0n) is 16.5. The van der Waals surface area contributed by atoms with E-state index in [0.717, 1.165) is 29.6 Å². The molecule has 1 fully saturated rings. The van der Waals surface area contributed by atoms with Gasteiger partial charge >= 0.3 is 0 Å². The van der Waals surface area contributed by atoms with Crippen LogP contribution in [0.2, 0.25) is 0 Å². The predicted molar refractivity (Wildman–Crippen MR) is 108 cm³/mol. The van der Waals surface area contributed by atoms with Crippen molar-refractivity contribution >= 4 is 0 Å². The summed E-state index contributed by atoms with van der Waals surface area (Å²) in [6.07, 6.45) is 13.7. The largest absolute Gasteiger partial charge is 0.444 e. The van der Waals surface area contributed by atoms with E-state index in [1.807, 2.05) is 0 Å². The highest BCUT2D eigenvalue weighted by Gasteiger charge is 2.16. The molecule has 0 bridgehead atoms. The number of hydrogen-bond donors (Lipinski definition) is 1. The van der Waals surface area contributed by atoms with Gasteiger partial charge in [0.1, 0.15) is 6.26 Å². The summed E-state index contributed by atoms with van der Waals surface area (Å²) in [7, 11) is 0. The molecule has 1 aliphatic carbocycles. The Labute approximate surface area is 158 Å². The number of nitrogens with one attached hydrogen (secondary N) is 1. The Morgan fingerprint density at radius 2 is 1.88 bits per heavy atom. The monoisotopic (exact) mass is 354 g/mol. The van der Waals surface area contributed by atoms with Crippen LogP contribution in [0.3, 0.4) is 0 Å². The number of rotatable bonds is 9. The number of oxazole rings is 1. The van der Waals surface area contributed by atoms with E-state index in [9.17, 15) is 0 Å². The number of benzene rings is 1. The van der Waals surface area contributed by atoms with Crippen LogP contribution in [0.25, 0.3) is 11.5 Å². The van der Waals surface area contributed by atoms with E-state index in [-0.39, 0.29) is 0 Å². The number of unbranched alkanes of at least 4 members (excludes halogenated alkanes) is 2. The Kier molecular flexibility index (Phi) is 7.31. The van der Waals surface area contributed by atoms with Crippen LogP contribution in [0.15, 0.2) is 34.9 Å². The van der Waals surface area contributed by atoms with Gasteiger partial charge in [0, 0.05) is 18.2 Å². The van der Waals surface area contributed by atoms with Gasteiger partial charge in [-0.05, 0) is 49.8 Å². The molecule has 3 nitrogen and oxygen atoms in total. The molecule has 0 radical (unpaired) electrons. The van der Waals surface area contributed by atoms with Crippen molar-refractivity contribution in [1.29, 1.82) is 0 Å². The fourth-order valence-corrected chi connectivity index (χ4v) is 3.94. The molecule has 1 heterocycles. The minimum absolute atomic E-state index is 0.525. The summed E-state index contributed by atoms with van der Waals surface area (Å²) in [6.45, 7) is 5.27. The van der Waals surface area contributed by atoms with Crippen LogP contribution in [0.1, 0.15) is 88.8 Å². The van der Waals surface area contributed by atoms with Gasteiger partial charge in [0.05, 0.1) is 5.69 Å². The van der Waals surface area contributed by atoms with Crippen LogP contribution in [0.5, 0.6) is 0 Å². The highest BCUT2D eigenvalue weighted by atomic mass is 16.3. The van der Waals surface area contributed by atoms with Crippen LogP contribution in [-0.4, -0.2) is 11.0 Å². The van der Waals surface area contributed by atoms with Gasteiger partial charge in [0.15, 0.2) is 0 Å². The number of aromatic nitrogens is 1. The average Bonchev–Trinajstić information content (AvgIpc) is 3.16. The maximum absolute atomic E-state index is 5.72. The normalized spacial score (nSPS) is 16.7. The molecule has 0 aliphatic heterocycles. The van der Waals surface area contributed by atoms with Crippen molar-refractivity contribution < 1.29 is 4.42 Å². The van der Waals surface area contributed by atoms with Crippen LogP contribution in [0.4, 0.5) is 0 Å². The third-order valence-corrected chi connectivity index (χ3v) is 5.66. The summed E-state index contributed by atoms with van der Waals surface area (Å²) >= 11 is 0. The van der Waals surface area contributed by atoms with E-state index in [2.05, 4.69) is 48.4 Å². The van der Waals surface area contributed by atoms with Crippen molar-refractivity contribution in [3.8, 4) is 11.5 Å². The van der Waals surface area contributed by atoms with Crippen LogP contribution in [-0.2, 0) is 6.54 Å². The molecule has 1 aromatic carbocycles. The Hall–Kier alpha value is -1.61. The fourth-order valence-electron chi connectivity index (χ4n) is 3.94. The first-order valence-electron chi connectivity index (χ1n) is 10.5. The zero-order chi connectivity index (χ0) is 18.2. The maximum atomic E-state index is 5.72. The lowest BCUT2D eigenvalue weighted by Gasteiger charge is -2.21. The summed E-state index contributed by atoms with van der Waals surface area (Å²) in [5.74, 6) is 1.48. The zero-order valence-corrected chi connectivity index (χ0v) is 16.5. The molecule has 1 unspecified atom stereocenters. The quantitative estimate of drug-likeness (QED) is 0.526. The lowest BCUT2D eigenvalue weighted by molar-refractivity contribution is 0.443. The average molecular weight is 355 g/mol. The predicted octanol–water partition coefficient (Wildman–Crippen LogP) is 6.45. The molecule has 142 valence electrons. The van der Waals surface area contributed by atoms with E-state index in [4.69, 9.17) is 4.42 Å². The van der Waals surface area contributed by atoms with Crippen LogP contribution < -0.4 is 5.32 Å². The molecule has 3 rings (SSSR count). The molecule has 0 spiro atoms. The van der Waals surface area contributed by atoms with Gasteiger partial charge in [0.25, 0.3) is 0 Å². The molecule has 26 heavy (non-hydrogen) atoms. The standard InChI is InChI=1S/C23H34N2O/c1-3-4-6-9-18(2)24-16-22-17-26-23(25-22)21-14-12-20(13-15-21)19-10-7-5-8-11-19/h12-15,17-19,24H,3-11,16H2,1-2H3. The molecule has 1 aliphatic rings. The van der Waals surface area contributed by atoms with Crippen molar-refractivity contribution in [2.75, 3.05) is 0 Å². The fraction of sp³-hybridized carbons (Fsp3) is 0.609. The lowest BCUT2D eigenvalue weighted by Crippen LogP contribution is -2.25. The number of hydrogen-bond acceptors (Lipinski definition) is 3. The highest BCUT2D eigenvalue weighted by Crippen LogP contribution is 2.33. The van der Waals surface area contributed by atoms with E-state index in [1.165, 1.54) is 63.4 Å². The van der Waals surface area contributed by atoms with E-state index < -0.39 is 0 Å². The Morgan fingerprint density at radius 3 is 2.62 bits per heavy atom. The molecular weight excluding hydrogens is 320 g/mol. The molecule has 2 aromatic rings. The molecular formula is C23H34N2O. The van der Waals surface area contributed by atoms with E-state index in [1.54, 1.807) is 6.26 Å². The van der Waals surface area contributed by atoms with Gasteiger partial charge in [-0.25, -0.2) is 4.98 Å². The third kappa shape index (κ3) is 5.44. The Balaban J connectivity index is 1.52. The van der Waals surface area contributed by atoms with Crippen molar-refractivity contribution in [3.63, 3.8) is 0 Å². The summed E-state index contributed by atoms with van der Waals surface area (Å²) in [6, 6.07) is 9.39. The van der Waals surface area contributed by atoms with Gasteiger partial charge in [-0.15, -0.1) is 0 Å². The first kappa shape index (κ1) is 19.2. The number of nitrogens with zero attached hydrogens (tertiary/aromatic N) is 1. The van der Waals surface area contributed by atoms with E-state index >= 15 is 0 Å².